The van der Waals surface area contributed by atoms with Crippen molar-refractivity contribution in [2.75, 3.05) is 0 Å². The van der Waals surface area contributed by atoms with Crippen LogP contribution in [-0.4, -0.2) is 17.5 Å². The van der Waals surface area contributed by atoms with E-state index in [0.717, 1.165) is 49.4 Å². The third-order valence-electron chi connectivity index (χ3n) is 6.90. The van der Waals surface area contributed by atoms with Gasteiger partial charge >= 0.3 is 0 Å². The first kappa shape index (κ1) is 15.5. The van der Waals surface area contributed by atoms with Crippen LogP contribution in [0.1, 0.15) is 77.0 Å². The number of aliphatic hydroxyl groups excluding tert-OH is 1. The van der Waals surface area contributed by atoms with E-state index in [9.17, 15) is 9.90 Å². The summed E-state index contributed by atoms with van der Waals surface area (Å²) < 4.78 is 0. The summed E-state index contributed by atoms with van der Waals surface area (Å²) in [6, 6.07) is 0. The van der Waals surface area contributed by atoms with E-state index in [1.807, 2.05) is 0 Å². The third kappa shape index (κ3) is 3.88. The molecule has 2 nitrogen and oxygen atoms in total. The molecule has 0 saturated heterocycles. The number of rotatable bonds is 3. The highest BCUT2D eigenvalue weighted by Crippen LogP contribution is 2.45. The normalized spacial score (nSPS) is 45.2. The Bertz CT molecular complexity index is 316. The van der Waals surface area contributed by atoms with Gasteiger partial charge in [-0.1, -0.05) is 0 Å². The zero-order valence-electron chi connectivity index (χ0n) is 13.4. The summed E-state index contributed by atoms with van der Waals surface area (Å²) in [7, 11) is 0. The first-order valence-electron chi connectivity index (χ1n) is 9.39. The van der Waals surface area contributed by atoms with Gasteiger partial charge in [0.1, 0.15) is 6.29 Å². The van der Waals surface area contributed by atoms with Crippen LogP contribution in [0.4, 0.5) is 0 Å². The lowest BCUT2D eigenvalue weighted by Gasteiger charge is -2.40. The molecule has 0 spiro atoms. The minimum absolute atomic E-state index is 0.00871. The van der Waals surface area contributed by atoms with E-state index in [2.05, 4.69) is 0 Å². The van der Waals surface area contributed by atoms with E-state index in [1.165, 1.54) is 57.7 Å². The quantitative estimate of drug-likeness (QED) is 0.785. The molecule has 0 aromatic heterocycles. The monoisotopic (exact) mass is 292 g/mol. The van der Waals surface area contributed by atoms with E-state index in [-0.39, 0.29) is 6.10 Å². The molecule has 0 aromatic carbocycles. The number of hydrogen-bond donors (Lipinski definition) is 1. The number of hydrogen-bond acceptors (Lipinski definition) is 2. The predicted molar refractivity (Wildman–Crippen MR) is 84.9 cm³/mol. The summed E-state index contributed by atoms with van der Waals surface area (Å²) in [5.74, 6) is 4.07. The van der Waals surface area contributed by atoms with Crippen molar-refractivity contribution in [2.45, 2.75) is 83.2 Å². The van der Waals surface area contributed by atoms with E-state index < -0.39 is 0 Å². The summed E-state index contributed by atoms with van der Waals surface area (Å²) in [6.07, 6.45) is 16.4. The summed E-state index contributed by atoms with van der Waals surface area (Å²) in [5.41, 5.74) is 0. The largest absolute Gasteiger partial charge is 0.393 e. The second kappa shape index (κ2) is 7.26. The zero-order valence-corrected chi connectivity index (χ0v) is 13.4. The molecule has 0 aliphatic heterocycles. The molecule has 0 atom stereocenters. The van der Waals surface area contributed by atoms with Crippen LogP contribution in [0.2, 0.25) is 0 Å². The number of carbonyl (C=O) groups excluding carboxylic acids is 1. The second-order valence-corrected chi connectivity index (χ2v) is 8.05. The van der Waals surface area contributed by atoms with Crippen molar-refractivity contribution in [3.05, 3.63) is 0 Å². The lowest BCUT2D eigenvalue weighted by molar-refractivity contribution is -0.112. The van der Waals surface area contributed by atoms with E-state index >= 15 is 0 Å². The van der Waals surface area contributed by atoms with Gasteiger partial charge in [0.2, 0.25) is 0 Å². The maximum Gasteiger partial charge on any atom is 0.123 e. The molecule has 0 bridgehead atoms. The van der Waals surface area contributed by atoms with Gasteiger partial charge in [0.25, 0.3) is 0 Å². The van der Waals surface area contributed by atoms with Crippen LogP contribution in [0.3, 0.4) is 0 Å². The first-order valence-corrected chi connectivity index (χ1v) is 9.39. The van der Waals surface area contributed by atoms with Gasteiger partial charge in [-0.2, -0.15) is 0 Å². The number of aliphatic hydroxyl groups is 1. The van der Waals surface area contributed by atoms with Gasteiger partial charge in [0.15, 0.2) is 0 Å². The Labute approximate surface area is 129 Å². The van der Waals surface area contributed by atoms with Crippen LogP contribution < -0.4 is 0 Å². The van der Waals surface area contributed by atoms with Crippen LogP contribution in [0, 0.1) is 29.6 Å². The standard InChI is InChI=1S/C19H32O2/c20-13-14-1-3-15(4-2-14)16-5-7-17(8-6-16)18-9-11-19(21)12-10-18/h13-19,21H,1-12H2. The maximum atomic E-state index is 10.9. The molecular formula is C19H32O2. The molecule has 0 heterocycles. The smallest absolute Gasteiger partial charge is 0.123 e. The lowest BCUT2D eigenvalue weighted by atomic mass is 9.65. The Morgan fingerprint density at radius 1 is 0.571 bits per heavy atom. The molecule has 1 N–H and O–H groups in total. The molecule has 3 aliphatic rings. The van der Waals surface area contributed by atoms with E-state index in [0.29, 0.717) is 5.92 Å². The molecule has 0 radical (unpaired) electrons. The van der Waals surface area contributed by atoms with Gasteiger partial charge in [0.05, 0.1) is 6.10 Å². The summed E-state index contributed by atoms with van der Waals surface area (Å²) in [4.78, 5) is 10.9. The average molecular weight is 292 g/mol. The van der Waals surface area contributed by atoms with Gasteiger partial charge in [-0.25, -0.2) is 0 Å². The SMILES string of the molecule is O=CC1CCC(C2CCC(C3CCC(O)CC3)CC2)CC1. The van der Waals surface area contributed by atoms with Crippen molar-refractivity contribution in [3.63, 3.8) is 0 Å². The van der Waals surface area contributed by atoms with E-state index in [1.54, 1.807) is 0 Å². The van der Waals surface area contributed by atoms with Crippen molar-refractivity contribution in [3.8, 4) is 0 Å². The number of carbonyl (C=O) groups is 1. The van der Waals surface area contributed by atoms with Crippen molar-refractivity contribution < 1.29 is 9.90 Å². The predicted octanol–water partition coefficient (Wildman–Crippen LogP) is 4.35. The summed E-state index contributed by atoms with van der Waals surface area (Å²) in [6.45, 7) is 0. The molecule has 0 unspecified atom stereocenters. The molecule has 2 heteroatoms. The fourth-order valence-corrected chi connectivity index (χ4v) is 5.41. The average Bonchev–Trinajstić information content (AvgIpc) is 2.56. The Kier molecular flexibility index (Phi) is 5.37. The van der Waals surface area contributed by atoms with E-state index in [4.69, 9.17) is 0 Å². The van der Waals surface area contributed by atoms with Gasteiger partial charge < -0.3 is 9.90 Å². The Morgan fingerprint density at radius 3 is 1.29 bits per heavy atom. The molecule has 0 amide bonds. The fourth-order valence-electron chi connectivity index (χ4n) is 5.41. The molecule has 3 rings (SSSR count). The molecule has 3 aliphatic carbocycles. The van der Waals surface area contributed by atoms with Crippen LogP contribution in [0.15, 0.2) is 0 Å². The molecule has 21 heavy (non-hydrogen) atoms. The van der Waals surface area contributed by atoms with Crippen molar-refractivity contribution in [1.29, 1.82) is 0 Å². The highest BCUT2D eigenvalue weighted by Gasteiger charge is 2.34. The van der Waals surface area contributed by atoms with Crippen molar-refractivity contribution in [1.82, 2.24) is 0 Å². The van der Waals surface area contributed by atoms with Gasteiger partial charge in [-0.05, 0) is 101 Å². The van der Waals surface area contributed by atoms with Crippen LogP contribution in [-0.2, 0) is 4.79 Å². The molecular weight excluding hydrogens is 260 g/mol. The van der Waals surface area contributed by atoms with Gasteiger partial charge in [0, 0.05) is 5.92 Å². The minimum Gasteiger partial charge on any atom is -0.393 e. The van der Waals surface area contributed by atoms with Crippen LogP contribution in [0.5, 0.6) is 0 Å². The second-order valence-electron chi connectivity index (χ2n) is 8.05. The number of aldehydes is 1. The lowest BCUT2D eigenvalue weighted by Crippen LogP contribution is -2.30. The molecule has 120 valence electrons. The molecule has 3 fully saturated rings. The molecule has 0 aromatic rings. The highest BCUT2D eigenvalue weighted by atomic mass is 16.3. The zero-order chi connectivity index (χ0) is 14.7. The van der Waals surface area contributed by atoms with Gasteiger partial charge in [-0.15, -0.1) is 0 Å². The maximum absolute atomic E-state index is 10.9. The van der Waals surface area contributed by atoms with Crippen molar-refractivity contribution >= 4 is 6.29 Å². The summed E-state index contributed by atoms with van der Waals surface area (Å²) >= 11 is 0. The van der Waals surface area contributed by atoms with Crippen molar-refractivity contribution in [2.24, 2.45) is 29.6 Å². The third-order valence-corrected chi connectivity index (χ3v) is 6.90. The van der Waals surface area contributed by atoms with Crippen LogP contribution >= 0.6 is 0 Å². The Morgan fingerprint density at radius 2 is 0.905 bits per heavy atom. The van der Waals surface area contributed by atoms with Gasteiger partial charge in [-0.3, -0.25) is 0 Å². The Balaban J connectivity index is 1.42. The van der Waals surface area contributed by atoms with Crippen LogP contribution in [0.25, 0.3) is 0 Å². The first-order chi connectivity index (χ1) is 10.3. The minimum atomic E-state index is -0.00871. The highest BCUT2D eigenvalue weighted by molar-refractivity contribution is 5.53. The molecule has 3 saturated carbocycles. The summed E-state index contributed by atoms with van der Waals surface area (Å²) in [5, 5.41) is 9.65. The fraction of sp³-hybridized carbons (Fsp3) is 0.947. The topological polar surface area (TPSA) is 37.3 Å². The Hall–Kier alpha value is -0.370.